The summed E-state index contributed by atoms with van der Waals surface area (Å²) in [6.45, 7) is -0.532. The smallest absolute Gasteiger partial charge is 0.341 e. The van der Waals surface area contributed by atoms with Crippen LogP contribution in [0.5, 0.6) is 5.75 Å². The second-order valence-electron chi connectivity index (χ2n) is 4.57. The molecule has 2 N–H and O–H groups in total. The van der Waals surface area contributed by atoms with Crippen LogP contribution in [0.1, 0.15) is 5.56 Å². The minimum absolute atomic E-state index is 0.257. The fraction of sp³-hybridized carbons (Fsp3) is 0.0667. The Kier molecular flexibility index (Phi) is 5.52. The van der Waals surface area contributed by atoms with Crippen LogP contribution >= 0.6 is 0 Å². The molecule has 0 aliphatic rings. The lowest BCUT2D eigenvalue weighted by molar-refractivity contribution is -0.139. The van der Waals surface area contributed by atoms with Gasteiger partial charge >= 0.3 is 5.97 Å². The van der Waals surface area contributed by atoms with Crippen molar-refractivity contribution in [3.8, 4) is 5.75 Å². The number of anilines is 1. The largest absolute Gasteiger partial charge is 0.482 e. The summed E-state index contributed by atoms with van der Waals surface area (Å²) in [6, 6.07) is 5.67. The van der Waals surface area contributed by atoms with Crippen LogP contribution in [0, 0.1) is 29.1 Å². The topological polar surface area (TPSA) is 70.9 Å². The maximum absolute atomic E-state index is 13.4. The van der Waals surface area contributed by atoms with Gasteiger partial charge in [0.1, 0.15) is 11.4 Å². The summed E-state index contributed by atoms with van der Waals surface area (Å²) in [6.07, 6.45) is 1.05. The molecule has 0 aromatic heterocycles. The van der Waals surface area contributed by atoms with Gasteiger partial charge in [-0.05, 0) is 29.8 Å². The summed E-state index contributed by atoms with van der Waals surface area (Å²) in [7, 11) is 0. The highest BCUT2D eigenvalue weighted by Crippen LogP contribution is 2.27. The molecule has 0 aliphatic carbocycles. The number of hydrogen-bond acceptors (Lipinski definition) is 4. The maximum atomic E-state index is 13.4. The van der Waals surface area contributed by atoms with Gasteiger partial charge in [-0.15, -0.1) is 0 Å². The van der Waals surface area contributed by atoms with Gasteiger partial charge in [-0.2, -0.15) is 5.10 Å². The Bertz CT molecular complexity index is 796. The van der Waals surface area contributed by atoms with Crippen LogP contribution in [0.3, 0.4) is 0 Å². The Hall–Kier alpha value is -3.17. The first-order valence-electron chi connectivity index (χ1n) is 6.56. The zero-order chi connectivity index (χ0) is 18.6. The SMILES string of the molecule is O=C(O)COc1ccc(/C=N\Nc2c(F)c(F)c(F)c(F)c2F)cc1. The zero-order valence-corrected chi connectivity index (χ0v) is 12.2. The first-order valence-corrected chi connectivity index (χ1v) is 6.56. The molecule has 132 valence electrons. The molecule has 25 heavy (non-hydrogen) atoms. The summed E-state index contributed by atoms with van der Waals surface area (Å²) in [4.78, 5) is 10.3. The van der Waals surface area contributed by atoms with E-state index in [4.69, 9.17) is 9.84 Å². The number of carboxylic acid groups (broad SMARTS) is 1. The van der Waals surface area contributed by atoms with Gasteiger partial charge in [-0.3, -0.25) is 5.43 Å². The van der Waals surface area contributed by atoms with Gasteiger partial charge in [-0.25, -0.2) is 26.7 Å². The number of carboxylic acids is 1. The molecule has 2 rings (SSSR count). The van der Waals surface area contributed by atoms with E-state index >= 15 is 0 Å². The van der Waals surface area contributed by atoms with Crippen molar-refractivity contribution in [2.24, 2.45) is 5.10 Å². The molecule has 0 aliphatic heterocycles. The Labute approximate surface area is 137 Å². The molecular formula is C15H9F5N2O3. The average Bonchev–Trinajstić information content (AvgIpc) is 2.60. The van der Waals surface area contributed by atoms with E-state index in [1.165, 1.54) is 24.3 Å². The Morgan fingerprint density at radius 2 is 1.52 bits per heavy atom. The predicted molar refractivity (Wildman–Crippen MR) is 77.0 cm³/mol. The lowest BCUT2D eigenvalue weighted by atomic mass is 10.2. The number of benzene rings is 2. The van der Waals surface area contributed by atoms with E-state index < -0.39 is 47.3 Å². The van der Waals surface area contributed by atoms with Crippen LogP contribution in [0.2, 0.25) is 0 Å². The number of nitrogens with one attached hydrogen (secondary N) is 1. The van der Waals surface area contributed by atoms with E-state index in [1.54, 1.807) is 5.43 Å². The molecule has 10 heteroatoms. The summed E-state index contributed by atoms with van der Waals surface area (Å²) < 4.78 is 70.6. The molecule has 0 fully saturated rings. The van der Waals surface area contributed by atoms with Crippen LogP contribution in [0.25, 0.3) is 0 Å². The van der Waals surface area contributed by atoms with E-state index in [0.29, 0.717) is 5.56 Å². The van der Waals surface area contributed by atoms with Crippen molar-refractivity contribution in [1.82, 2.24) is 0 Å². The number of carbonyl (C=O) groups is 1. The second-order valence-corrected chi connectivity index (χ2v) is 4.57. The number of hydrogen-bond donors (Lipinski definition) is 2. The van der Waals surface area contributed by atoms with Gasteiger partial charge < -0.3 is 9.84 Å². The lowest BCUT2D eigenvalue weighted by Crippen LogP contribution is -2.09. The lowest BCUT2D eigenvalue weighted by Gasteiger charge is -2.07. The summed E-state index contributed by atoms with van der Waals surface area (Å²) in [5.41, 5.74) is 0.862. The molecule has 0 amide bonds. The number of aliphatic carboxylic acids is 1. The minimum Gasteiger partial charge on any atom is -0.482 e. The Morgan fingerprint density at radius 3 is 2.04 bits per heavy atom. The van der Waals surface area contributed by atoms with Crippen molar-refractivity contribution in [3.63, 3.8) is 0 Å². The monoisotopic (exact) mass is 360 g/mol. The van der Waals surface area contributed by atoms with E-state index in [2.05, 4.69) is 5.10 Å². The van der Waals surface area contributed by atoms with Gasteiger partial charge in [0.25, 0.3) is 0 Å². The van der Waals surface area contributed by atoms with Gasteiger partial charge in [0.2, 0.25) is 5.82 Å². The Morgan fingerprint density at radius 1 is 1.00 bits per heavy atom. The number of halogens is 5. The van der Waals surface area contributed by atoms with E-state index in [0.717, 1.165) is 6.21 Å². The van der Waals surface area contributed by atoms with Crippen LogP contribution in [0.4, 0.5) is 27.6 Å². The van der Waals surface area contributed by atoms with Crippen molar-refractivity contribution < 1.29 is 36.6 Å². The fourth-order valence-electron chi connectivity index (χ4n) is 1.67. The van der Waals surface area contributed by atoms with Crippen LogP contribution in [-0.4, -0.2) is 23.9 Å². The van der Waals surface area contributed by atoms with Crippen LogP contribution < -0.4 is 10.2 Å². The summed E-state index contributed by atoms with van der Waals surface area (Å²) in [5.74, 6) is -11.4. The van der Waals surface area contributed by atoms with Crippen LogP contribution in [0.15, 0.2) is 29.4 Å². The van der Waals surface area contributed by atoms with Crippen molar-refractivity contribution in [2.45, 2.75) is 0 Å². The molecule has 0 atom stereocenters. The molecule has 0 spiro atoms. The third-order valence-corrected chi connectivity index (χ3v) is 2.84. The molecule has 5 nitrogen and oxygen atoms in total. The third-order valence-electron chi connectivity index (χ3n) is 2.84. The van der Waals surface area contributed by atoms with Gasteiger partial charge in [-0.1, -0.05) is 0 Å². The van der Waals surface area contributed by atoms with Crippen molar-refractivity contribution in [1.29, 1.82) is 0 Å². The number of ether oxygens (including phenoxy) is 1. The molecule has 2 aromatic carbocycles. The van der Waals surface area contributed by atoms with E-state index in [-0.39, 0.29) is 5.75 Å². The van der Waals surface area contributed by atoms with Crippen molar-refractivity contribution >= 4 is 17.9 Å². The number of hydrazone groups is 1. The highest BCUT2D eigenvalue weighted by atomic mass is 19.2. The number of nitrogens with zero attached hydrogens (tertiary/aromatic N) is 1. The maximum Gasteiger partial charge on any atom is 0.341 e. The molecule has 0 saturated heterocycles. The predicted octanol–water partition coefficient (Wildman–Crippen LogP) is 3.29. The summed E-state index contributed by atoms with van der Waals surface area (Å²) in [5, 5.41) is 11.9. The quantitative estimate of drug-likeness (QED) is 0.273. The van der Waals surface area contributed by atoms with Crippen molar-refractivity contribution in [3.05, 3.63) is 58.9 Å². The number of rotatable bonds is 6. The van der Waals surface area contributed by atoms with Gasteiger partial charge in [0.15, 0.2) is 29.9 Å². The van der Waals surface area contributed by atoms with Gasteiger partial charge in [0, 0.05) is 0 Å². The van der Waals surface area contributed by atoms with Crippen LogP contribution in [-0.2, 0) is 4.79 Å². The van der Waals surface area contributed by atoms with Gasteiger partial charge in [0.05, 0.1) is 6.21 Å². The zero-order valence-electron chi connectivity index (χ0n) is 12.2. The molecule has 0 heterocycles. The second kappa shape index (κ2) is 7.60. The normalized spacial score (nSPS) is 10.9. The molecule has 0 bridgehead atoms. The third kappa shape index (κ3) is 4.22. The fourth-order valence-corrected chi connectivity index (χ4v) is 1.67. The standard InChI is InChI=1S/C15H9F5N2O3/c16-10-11(17)13(19)15(14(20)12(10)18)22-21-5-7-1-3-8(4-2-7)25-6-9(23)24/h1-5,22H,6H2,(H,23,24)/b21-5-. The molecular weight excluding hydrogens is 351 g/mol. The minimum atomic E-state index is -2.26. The molecule has 2 aromatic rings. The Balaban J connectivity index is 2.10. The highest BCUT2D eigenvalue weighted by molar-refractivity contribution is 5.80. The first kappa shape index (κ1) is 18.2. The summed E-state index contributed by atoms with van der Waals surface area (Å²) >= 11 is 0. The molecule has 0 radical (unpaired) electrons. The molecule has 0 saturated carbocycles. The first-order chi connectivity index (χ1) is 11.8. The molecule has 0 unspecified atom stereocenters. The van der Waals surface area contributed by atoms with E-state index in [1.807, 2.05) is 0 Å². The highest BCUT2D eigenvalue weighted by Gasteiger charge is 2.25. The average molecular weight is 360 g/mol. The van der Waals surface area contributed by atoms with E-state index in [9.17, 15) is 26.7 Å². The van der Waals surface area contributed by atoms with Crippen molar-refractivity contribution in [2.75, 3.05) is 12.0 Å².